The molecule has 8 heteroatoms. The largest absolute Gasteiger partial charge is 0.363 e. The summed E-state index contributed by atoms with van der Waals surface area (Å²) in [5.74, 6) is 1.22. The molecule has 1 saturated carbocycles. The third-order valence-electron chi connectivity index (χ3n) is 5.21. The van der Waals surface area contributed by atoms with Crippen molar-refractivity contribution in [3.63, 3.8) is 0 Å². The quantitative estimate of drug-likeness (QED) is 0.739. The fourth-order valence-corrected chi connectivity index (χ4v) is 3.70. The van der Waals surface area contributed by atoms with Gasteiger partial charge >= 0.3 is 0 Å². The molecule has 0 spiro atoms. The highest BCUT2D eigenvalue weighted by atomic mass is 35.5. The van der Waals surface area contributed by atoms with Gasteiger partial charge in [-0.3, -0.25) is 4.79 Å². The summed E-state index contributed by atoms with van der Waals surface area (Å²) in [6.07, 6.45) is 4.01. The second kappa shape index (κ2) is 9.39. The number of rotatable bonds is 6. The van der Waals surface area contributed by atoms with Crippen LogP contribution < -0.4 is 15.5 Å². The molecule has 0 bridgehead atoms. The molecule has 2 N–H and O–H groups in total. The van der Waals surface area contributed by atoms with Crippen molar-refractivity contribution in [2.75, 3.05) is 30.9 Å². The van der Waals surface area contributed by atoms with Crippen LogP contribution in [0.2, 0.25) is 5.02 Å². The maximum atomic E-state index is 13.2. The maximum Gasteiger partial charge on any atom is 0.251 e. The first-order chi connectivity index (χ1) is 13.8. The third kappa shape index (κ3) is 5.79. The van der Waals surface area contributed by atoms with Crippen LogP contribution in [-0.4, -0.2) is 42.6 Å². The van der Waals surface area contributed by atoms with E-state index in [2.05, 4.69) is 20.6 Å². The normalized spacial score (nSPS) is 18.9. The lowest BCUT2D eigenvalue weighted by atomic mass is 9.86. The van der Waals surface area contributed by atoms with Crippen molar-refractivity contribution in [1.29, 1.82) is 0 Å². The summed E-state index contributed by atoms with van der Waals surface area (Å²) in [6, 6.07) is 6.30. The molecule has 156 valence electrons. The number of anilines is 2. The molecule has 0 atom stereocenters. The van der Waals surface area contributed by atoms with Crippen molar-refractivity contribution in [3.8, 4) is 0 Å². The average molecular weight is 420 g/mol. The molecule has 1 aromatic heterocycles. The molecule has 2 aromatic rings. The summed E-state index contributed by atoms with van der Waals surface area (Å²) >= 11 is 5.75. The van der Waals surface area contributed by atoms with Gasteiger partial charge in [-0.2, -0.15) is 4.98 Å². The summed E-state index contributed by atoms with van der Waals surface area (Å²) in [7, 11) is 3.93. The number of halogens is 2. The minimum atomic E-state index is -0.524. The molecule has 6 nitrogen and oxygen atoms in total. The second-order valence-corrected chi connectivity index (χ2v) is 8.19. The minimum absolute atomic E-state index is 0.0416. The Hall–Kier alpha value is -2.41. The zero-order valence-electron chi connectivity index (χ0n) is 17.0. The Kier molecular flexibility index (Phi) is 6.90. The molecular formula is C21H27ClFN5O. The molecule has 1 heterocycles. The second-order valence-electron chi connectivity index (χ2n) is 7.79. The number of carbonyl (C=O) groups is 1. The molecule has 1 aliphatic carbocycles. The number of hydrogen-bond donors (Lipinski definition) is 2. The lowest BCUT2D eigenvalue weighted by Gasteiger charge is -2.29. The van der Waals surface area contributed by atoms with E-state index in [-0.39, 0.29) is 10.9 Å². The Labute approximate surface area is 175 Å². The number of benzene rings is 1. The molecule has 1 aromatic carbocycles. The van der Waals surface area contributed by atoms with E-state index in [0.29, 0.717) is 30.0 Å². The van der Waals surface area contributed by atoms with Crippen LogP contribution >= 0.6 is 11.6 Å². The van der Waals surface area contributed by atoms with Crippen LogP contribution in [0.25, 0.3) is 0 Å². The predicted octanol–water partition coefficient (Wildman–Crippen LogP) is 4.04. The number of aryl methyl sites for hydroxylation is 1. The number of aromatic nitrogens is 2. The van der Waals surface area contributed by atoms with Crippen molar-refractivity contribution in [2.45, 2.75) is 38.6 Å². The number of nitrogens with zero attached hydrogens (tertiary/aromatic N) is 3. The van der Waals surface area contributed by atoms with Crippen molar-refractivity contribution < 1.29 is 9.18 Å². The Morgan fingerprint density at radius 1 is 1.21 bits per heavy atom. The van der Waals surface area contributed by atoms with Gasteiger partial charge in [0, 0.05) is 44.0 Å². The highest BCUT2D eigenvalue weighted by Crippen LogP contribution is 2.26. The third-order valence-corrected chi connectivity index (χ3v) is 5.50. The number of carbonyl (C=O) groups excluding carboxylic acids is 1. The van der Waals surface area contributed by atoms with Gasteiger partial charge < -0.3 is 15.5 Å². The summed E-state index contributed by atoms with van der Waals surface area (Å²) in [6.45, 7) is 2.57. The molecule has 0 saturated heterocycles. The van der Waals surface area contributed by atoms with Gasteiger partial charge in [-0.15, -0.1) is 0 Å². The van der Waals surface area contributed by atoms with Crippen LogP contribution in [0, 0.1) is 18.7 Å². The minimum Gasteiger partial charge on any atom is -0.363 e. The van der Waals surface area contributed by atoms with Gasteiger partial charge in [0.05, 0.1) is 5.02 Å². The van der Waals surface area contributed by atoms with Gasteiger partial charge in [0.1, 0.15) is 11.6 Å². The van der Waals surface area contributed by atoms with E-state index in [4.69, 9.17) is 11.6 Å². The van der Waals surface area contributed by atoms with Crippen LogP contribution in [0.3, 0.4) is 0 Å². The molecule has 1 aliphatic rings. The lowest BCUT2D eigenvalue weighted by Crippen LogP contribution is -2.34. The van der Waals surface area contributed by atoms with E-state index in [0.717, 1.165) is 37.2 Å². The first kappa shape index (κ1) is 21.3. The summed E-state index contributed by atoms with van der Waals surface area (Å²) in [5, 5.41) is 6.35. The van der Waals surface area contributed by atoms with E-state index < -0.39 is 5.82 Å². The Morgan fingerprint density at radius 2 is 1.93 bits per heavy atom. The Bertz CT molecular complexity index is 868. The molecule has 29 heavy (non-hydrogen) atoms. The zero-order chi connectivity index (χ0) is 21.0. The fourth-order valence-electron chi connectivity index (χ4n) is 3.52. The summed E-state index contributed by atoms with van der Waals surface area (Å²) < 4.78 is 13.2. The van der Waals surface area contributed by atoms with Gasteiger partial charge in [-0.1, -0.05) is 11.6 Å². The number of amides is 1. The summed E-state index contributed by atoms with van der Waals surface area (Å²) in [4.78, 5) is 23.3. The van der Waals surface area contributed by atoms with Crippen LogP contribution in [0.5, 0.6) is 0 Å². The Morgan fingerprint density at radius 3 is 2.59 bits per heavy atom. The van der Waals surface area contributed by atoms with E-state index in [9.17, 15) is 9.18 Å². The van der Waals surface area contributed by atoms with Crippen LogP contribution in [0.1, 0.15) is 41.7 Å². The molecule has 3 rings (SSSR count). The van der Waals surface area contributed by atoms with Crippen LogP contribution in [0.4, 0.5) is 16.2 Å². The molecule has 1 amide bonds. The highest BCUT2D eigenvalue weighted by molar-refractivity contribution is 6.31. The molecule has 0 radical (unpaired) electrons. The lowest BCUT2D eigenvalue weighted by molar-refractivity contribution is 0.0943. The summed E-state index contributed by atoms with van der Waals surface area (Å²) in [5.41, 5.74) is 1.31. The first-order valence-electron chi connectivity index (χ1n) is 9.84. The van der Waals surface area contributed by atoms with Gasteiger partial charge in [0.15, 0.2) is 0 Å². The van der Waals surface area contributed by atoms with E-state index in [1.165, 1.54) is 18.2 Å². The standard InChI is InChI=1S/C21H27ClFN5O/c1-13-10-19(28(2)3)27-21(25-13)26-16-7-4-14(5-8-16)12-24-20(29)15-6-9-18(23)17(22)11-15/h6,9-11,14,16H,4-5,7-8,12H2,1-3H3,(H,24,29)(H,25,26,27). The Balaban J connectivity index is 1.47. The maximum absolute atomic E-state index is 13.2. The molecule has 1 fully saturated rings. The zero-order valence-corrected chi connectivity index (χ0v) is 17.8. The van der Waals surface area contributed by atoms with Crippen LogP contribution in [-0.2, 0) is 0 Å². The number of nitrogens with one attached hydrogen (secondary N) is 2. The molecular weight excluding hydrogens is 393 g/mol. The SMILES string of the molecule is Cc1cc(N(C)C)nc(NC2CCC(CNC(=O)c3ccc(F)c(Cl)c3)CC2)n1. The van der Waals surface area contributed by atoms with Gasteiger partial charge in [-0.05, 0) is 56.7 Å². The molecule has 0 unspecified atom stereocenters. The van der Waals surface area contributed by atoms with Crippen molar-refractivity contribution >= 4 is 29.3 Å². The average Bonchev–Trinajstić information content (AvgIpc) is 2.69. The van der Waals surface area contributed by atoms with Crippen molar-refractivity contribution in [1.82, 2.24) is 15.3 Å². The van der Waals surface area contributed by atoms with E-state index >= 15 is 0 Å². The monoisotopic (exact) mass is 419 g/mol. The fraction of sp³-hybridized carbons (Fsp3) is 0.476. The highest BCUT2D eigenvalue weighted by Gasteiger charge is 2.22. The van der Waals surface area contributed by atoms with E-state index in [1.807, 2.05) is 32.0 Å². The predicted molar refractivity (Wildman–Crippen MR) is 114 cm³/mol. The first-order valence-corrected chi connectivity index (χ1v) is 10.2. The topological polar surface area (TPSA) is 70.2 Å². The van der Waals surface area contributed by atoms with Gasteiger partial charge in [0.2, 0.25) is 5.95 Å². The van der Waals surface area contributed by atoms with Crippen molar-refractivity contribution in [2.24, 2.45) is 5.92 Å². The van der Waals surface area contributed by atoms with Gasteiger partial charge in [-0.25, -0.2) is 9.37 Å². The molecule has 0 aliphatic heterocycles. The number of hydrogen-bond acceptors (Lipinski definition) is 5. The van der Waals surface area contributed by atoms with Gasteiger partial charge in [0.25, 0.3) is 5.91 Å². The smallest absolute Gasteiger partial charge is 0.251 e. The van der Waals surface area contributed by atoms with Crippen molar-refractivity contribution in [3.05, 3.63) is 46.4 Å². The van der Waals surface area contributed by atoms with E-state index in [1.54, 1.807) is 0 Å². The van der Waals surface area contributed by atoms with Crippen LogP contribution in [0.15, 0.2) is 24.3 Å².